The molecule has 3 aliphatic heterocycles. The number of rotatable bonds is 3. The number of nitrogens with zero attached hydrogens (tertiary/aromatic N) is 5. The fourth-order valence-corrected chi connectivity index (χ4v) is 4.89. The van der Waals surface area contributed by atoms with Crippen molar-refractivity contribution in [3.05, 3.63) is 64.7 Å². The first-order valence-corrected chi connectivity index (χ1v) is 10.7. The van der Waals surface area contributed by atoms with E-state index in [1.165, 1.54) is 16.0 Å². The summed E-state index contributed by atoms with van der Waals surface area (Å²) in [4.78, 5) is 38.7. The monoisotopic (exact) mass is 417 g/mol. The molecule has 0 N–H and O–H groups in total. The first-order valence-electron chi connectivity index (χ1n) is 10.7. The molecule has 2 fully saturated rings. The predicted molar refractivity (Wildman–Crippen MR) is 120 cm³/mol. The van der Waals surface area contributed by atoms with Crippen LogP contribution in [0.5, 0.6) is 0 Å². The topological polar surface area (TPSA) is 59.5 Å². The highest BCUT2D eigenvalue weighted by atomic mass is 16.2. The number of urea groups is 1. The van der Waals surface area contributed by atoms with Gasteiger partial charge in [-0.2, -0.15) is 0 Å². The minimum atomic E-state index is -0.489. The maximum absolute atomic E-state index is 13.5. The molecule has 3 amide bonds. The Morgan fingerprint density at radius 2 is 1.71 bits per heavy atom. The molecule has 160 valence electrons. The standard InChI is InChI=1S/C24H27N5O2/c1-15-11-16(2)13-19(12-15)27-9-10-28-20-21(25-23(27)28)26(4)24(31)29(22(20)30)14-18-8-6-5-7-17(18)3/h5-8,11-13,20-21H,9-10,14H2,1-4H3. The van der Waals surface area contributed by atoms with E-state index in [1.807, 2.05) is 31.2 Å². The van der Waals surface area contributed by atoms with E-state index in [1.54, 1.807) is 11.9 Å². The Morgan fingerprint density at radius 3 is 2.42 bits per heavy atom. The Kier molecular flexibility index (Phi) is 4.50. The van der Waals surface area contributed by atoms with Gasteiger partial charge >= 0.3 is 6.03 Å². The molecule has 2 saturated heterocycles. The van der Waals surface area contributed by atoms with Gasteiger partial charge in [-0.1, -0.05) is 30.3 Å². The summed E-state index contributed by atoms with van der Waals surface area (Å²) >= 11 is 0. The molecule has 2 unspecified atom stereocenters. The Bertz CT molecular complexity index is 1090. The highest BCUT2D eigenvalue weighted by molar-refractivity contribution is 6.08. The first kappa shape index (κ1) is 19.6. The zero-order chi connectivity index (χ0) is 21.9. The molecule has 0 radical (unpaired) electrons. The number of imide groups is 1. The second-order valence-electron chi connectivity index (χ2n) is 8.72. The van der Waals surface area contributed by atoms with Gasteiger partial charge in [-0.05, 0) is 55.2 Å². The third-order valence-electron chi connectivity index (χ3n) is 6.49. The maximum Gasteiger partial charge on any atom is 0.328 e. The van der Waals surface area contributed by atoms with Crippen LogP contribution in [-0.4, -0.2) is 64.9 Å². The highest BCUT2D eigenvalue weighted by Crippen LogP contribution is 2.34. The van der Waals surface area contributed by atoms with Crippen LogP contribution in [0.15, 0.2) is 47.5 Å². The highest BCUT2D eigenvalue weighted by Gasteiger charge is 2.54. The molecule has 0 bridgehead atoms. The number of carbonyl (C=O) groups is 2. The minimum Gasteiger partial charge on any atom is -0.325 e. The average Bonchev–Trinajstić information content (AvgIpc) is 3.29. The van der Waals surface area contributed by atoms with Crippen LogP contribution in [0.3, 0.4) is 0 Å². The van der Waals surface area contributed by atoms with Crippen LogP contribution >= 0.6 is 0 Å². The zero-order valence-electron chi connectivity index (χ0n) is 18.4. The van der Waals surface area contributed by atoms with Crippen molar-refractivity contribution < 1.29 is 9.59 Å². The van der Waals surface area contributed by atoms with Gasteiger partial charge in [-0.3, -0.25) is 9.69 Å². The van der Waals surface area contributed by atoms with Gasteiger partial charge in [0.05, 0.1) is 6.54 Å². The van der Waals surface area contributed by atoms with Crippen molar-refractivity contribution in [2.24, 2.45) is 4.99 Å². The molecule has 3 heterocycles. The van der Waals surface area contributed by atoms with E-state index in [2.05, 4.69) is 41.8 Å². The number of aryl methyl sites for hydroxylation is 3. The number of benzene rings is 2. The molecule has 0 aliphatic carbocycles. The summed E-state index contributed by atoms with van der Waals surface area (Å²) in [6, 6.07) is 13.5. The smallest absolute Gasteiger partial charge is 0.325 e. The molecule has 0 saturated carbocycles. The van der Waals surface area contributed by atoms with E-state index < -0.39 is 12.2 Å². The van der Waals surface area contributed by atoms with Gasteiger partial charge in [-0.25, -0.2) is 9.79 Å². The van der Waals surface area contributed by atoms with E-state index >= 15 is 0 Å². The number of hydrogen-bond acceptors (Lipinski definition) is 5. The van der Waals surface area contributed by atoms with Crippen molar-refractivity contribution in [3.63, 3.8) is 0 Å². The van der Waals surface area contributed by atoms with Gasteiger partial charge < -0.3 is 14.7 Å². The van der Waals surface area contributed by atoms with Crippen molar-refractivity contribution in [2.45, 2.75) is 39.5 Å². The number of carbonyl (C=O) groups excluding carboxylic acids is 2. The second kappa shape index (κ2) is 7.11. The minimum absolute atomic E-state index is 0.169. The van der Waals surface area contributed by atoms with Crippen molar-refractivity contribution in [3.8, 4) is 0 Å². The number of guanidine groups is 1. The third-order valence-corrected chi connectivity index (χ3v) is 6.49. The zero-order valence-corrected chi connectivity index (χ0v) is 18.4. The fraction of sp³-hybridized carbons (Fsp3) is 0.375. The van der Waals surface area contributed by atoms with Gasteiger partial charge in [0.25, 0.3) is 5.91 Å². The summed E-state index contributed by atoms with van der Waals surface area (Å²) in [6.45, 7) is 7.92. The van der Waals surface area contributed by atoms with Crippen LogP contribution in [0.25, 0.3) is 0 Å². The van der Waals surface area contributed by atoms with E-state index in [0.29, 0.717) is 6.54 Å². The lowest BCUT2D eigenvalue weighted by molar-refractivity contribution is -0.137. The molecule has 31 heavy (non-hydrogen) atoms. The Balaban J connectivity index is 1.46. The fourth-order valence-electron chi connectivity index (χ4n) is 4.89. The SMILES string of the molecule is Cc1cc(C)cc(N2CCN3C2=NC2C3C(=O)N(Cc3ccccc3C)C(=O)N2C)c1. The summed E-state index contributed by atoms with van der Waals surface area (Å²) in [5, 5.41) is 0. The lowest BCUT2D eigenvalue weighted by atomic mass is 10.1. The molecule has 0 spiro atoms. The van der Waals surface area contributed by atoms with Crippen molar-refractivity contribution in [1.29, 1.82) is 0 Å². The Hall–Kier alpha value is -3.35. The first-order chi connectivity index (χ1) is 14.8. The summed E-state index contributed by atoms with van der Waals surface area (Å²) < 4.78 is 0. The van der Waals surface area contributed by atoms with Gasteiger partial charge in [-0.15, -0.1) is 0 Å². The Morgan fingerprint density at radius 1 is 1.00 bits per heavy atom. The average molecular weight is 418 g/mol. The van der Waals surface area contributed by atoms with E-state index in [4.69, 9.17) is 4.99 Å². The summed E-state index contributed by atoms with van der Waals surface area (Å²) in [7, 11) is 1.74. The normalized spacial score (nSPS) is 22.8. The summed E-state index contributed by atoms with van der Waals surface area (Å²) in [6.07, 6.45) is -0.489. The lowest BCUT2D eigenvalue weighted by Crippen LogP contribution is -2.64. The summed E-state index contributed by atoms with van der Waals surface area (Å²) in [5.41, 5.74) is 5.51. The molecular formula is C24H27N5O2. The van der Waals surface area contributed by atoms with Crippen LogP contribution in [0.1, 0.15) is 22.3 Å². The summed E-state index contributed by atoms with van der Waals surface area (Å²) in [5.74, 6) is 0.614. The van der Waals surface area contributed by atoms with Gasteiger partial charge in [0.15, 0.2) is 12.2 Å². The quantitative estimate of drug-likeness (QED) is 0.771. The van der Waals surface area contributed by atoms with E-state index in [0.717, 1.165) is 29.3 Å². The van der Waals surface area contributed by atoms with Crippen LogP contribution in [0.4, 0.5) is 10.5 Å². The van der Waals surface area contributed by atoms with Gasteiger partial charge in [0.1, 0.15) is 0 Å². The number of hydrogen-bond donors (Lipinski definition) is 0. The van der Waals surface area contributed by atoms with Gasteiger partial charge in [0, 0.05) is 25.8 Å². The van der Waals surface area contributed by atoms with Crippen molar-refractivity contribution >= 4 is 23.6 Å². The third kappa shape index (κ3) is 3.07. The van der Waals surface area contributed by atoms with Crippen molar-refractivity contribution in [1.82, 2.24) is 14.7 Å². The molecule has 0 aromatic heterocycles. The maximum atomic E-state index is 13.5. The molecular weight excluding hydrogens is 390 g/mol. The largest absolute Gasteiger partial charge is 0.328 e. The molecule has 2 atom stereocenters. The lowest BCUT2D eigenvalue weighted by Gasteiger charge is -2.40. The predicted octanol–water partition coefficient (Wildman–Crippen LogP) is 2.89. The van der Waals surface area contributed by atoms with E-state index in [9.17, 15) is 9.59 Å². The molecule has 3 aliphatic rings. The van der Waals surface area contributed by atoms with E-state index in [-0.39, 0.29) is 18.5 Å². The second-order valence-corrected chi connectivity index (χ2v) is 8.72. The number of anilines is 1. The van der Waals surface area contributed by atoms with Crippen LogP contribution in [0, 0.1) is 20.8 Å². The molecule has 5 rings (SSSR count). The number of aliphatic imine (C=N–C) groups is 1. The van der Waals surface area contributed by atoms with Crippen molar-refractivity contribution in [2.75, 3.05) is 25.0 Å². The van der Waals surface area contributed by atoms with Crippen LogP contribution in [0.2, 0.25) is 0 Å². The van der Waals surface area contributed by atoms with Crippen LogP contribution < -0.4 is 4.90 Å². The molecule has 2 aromatic rings. The van der Waals surface area contributed by atoms with Crippen LogP contribution in [-0.2, 0) is 11.3 Å². The molecule has 7 heteroatoms. The number of fused-ring (bicyclic) bond motifs is 3. The Labute approximate surface area is 182 Å². The number of likely N-dealkylation sites (N-methyl/N-ethyl adjacent to an activating group) is 1. The van der Waals surface area contributed by atoms with Gasteiger partial charge in [0.2, 0.25) is 5.96 Å². The molecule has 7 nitrogen and oxygen atoms in total. The number of amides is 3. The molecule has 2 aromatic carbocycles.